The summed E-state index contributed by atoms with van der Waals surface area (Å²) in [4.78, 5) is 39.0. The molecule has 0 unspecified atom stereocenters. The number of carbonyl (C=O) groups excluding carboxylic acids is 1. The fourth-order valence-electron chi connectivity index (χ4n) is 1.76. The molecule has 2 rings (SSSR count). The van der Waals surface area contributed by atoms with Crippen LogP contribution in [0.5, 0.6) is 0 Å². The third kappa shape index (κ3) is 1.65. The van der Waals surface area contributed by atoms with Crippen LogP contribution in [0, 0.1) is 0 Å². The number of nitrogens with one attached hydrogen (secondary N) is 2. The summed E-state index contributed by atoms with van der Waals surface area (Å²) in [5, 5.41) is 0. The Kier molecular flexibility index (Phi) is 2.58. The Morgan fingerprint density at radius 1 is 1.06 bits per heavy atom. The second kappa shape index (κ2) is 3.93. The molecule has 7 heteroatoms. The summed E-state index contributed by atoms with van der Waals surface area (Å²) in [6.45, 7) is 0. The minimum Gasteiger partial charge on any atom is -0.497 e. The van der Waals surface area contributed by atoms with Crippen molar-refractivity contribution in [3.8, 4) is 0 Å². The monoisotopic (exact) mass is 238 g/mol. The van der Waals surface area contributed by atoms with Crippen LogP contribution in [0.4, 0.5) is 0 Å². The van der Waals surface area contributed by atoms with Crippen LogP contribution in [0.15, 0.2) is 21.1 Å². The summed E-state index contributed by atoms with van der Waals surface area (Å²) >= 11 is 0. The van der Waals surface area contributed by atoms with Crippen LogP contribution < -0.4 is 11.2 Å². The molecule has 0 amide bonds. The van der Waals surface area contributed by atoms with Crippen LogP contribution in [0.1, 0.15) is 16.1 Å². The highest BCUT2D eigenvalue weighted by Crippen LogP contribution is 2.22. The van der Waals surface area contributed by atoms with Gasteiger partial charge in [-0.15, -0.1) is 0 Å². The third-order valence-electron chi connectivity index (χ3n) is 2.49. The van der Waals surface area contributed by atoms with E-state index in [0.29, 0.717) is 0 Å². The molecule has 0 aromatic carbocycles. The fraction of sp³-hybridized carbons (Fsp3) is 0.300. The Balaban J connectivity index is 2.70. The summed E-state index contributed by atoms with van der Waals surface area (Å²) < 4.78 is 9.91. The van der Waals surface area contributed by atoms with Gasteiger partial charge >= 0.3 is 5.69 Å². The number of aromatic nitrogens is 2. The molecule has 2 N–H and O–H groups in total. The van der Waals surface area contributed by atoms with E-state index < -0.39 is 17.0 Å². The van der Waals surface area contributed by atoms with Gasteiger partial charge in [-0.3, -0.25) is 14.6 Å². The maximum absolute atomic E-state index is 11.9. The highest BCUT2D eigenvalue weighted by molar-refractivity contribution is 6.09. The number of methoxy groups -OCH3 is 2. The molecule has 17 heavy (non-hydrogen) atoms. The molecule has 1 aromatic rings. The molecule has 0 radical (unpaired) electrons. The molecule has 0 bridgehead atoms. The van der Waals surface area contributed by atoms with Crippen LogP contribution in [-0.2, 0) is 15.9 Å². The molecule has 0 saturated heterocycles. The summed E-state index contributed by atoms with van der Waals surface area (Å²) in [5.74, 6) is -0.327. The standard InChI is InChI=1S/C10H10N2O5/c1-16-5-3-4-6(7(13)8(5)17-2)9(14)12-10(15)11-4/h3H2,1-2H3,(H2,11,12,14,15). The van der Waals surface area contributed by atoms with Gasteiger partial charge in [0.25, 0.3) is 5.56 Å². The topological polar surface area (TPSA) is 101 Å². The molecule has 0 spiro atoms. The number of allylic oxidation sites excluding steroid dienone is 2. The first-order valence-corrected chi connectivity index (χ1v) is 4.79. The molecule has 1 aliphatic rings. The predicted molar refractivity (Wildman–Crippen MR) is 56.8 cm³/mol. The van der Waals surface area contributed by atoms with Gasteiger partial charge < -0.3 is 14.5 Å². The third-order valence-corrected chi connectivity index (χ3v) is 2.49. The van der Waals surface area contributed by atoms with Crippen molar-refractivity contribution in [3.05, 3.63) is 43.6 Å². The SMILES string of the molecule is COC1=C(OC)C(=O)c2c([nH]c(=O)[nH]c2=O)C1. The van der Waals surface area contributed by atoms with Gasteiger partial charge in [0.2, 0.25) is 11.5 Å². The lowest BCUT2D eigenvalue weighted by molar-refractivity contribution is 0.0913. The van der Waals surface area contributed by atoms with Gasteiger partial charge in [0.15, 0.2) is 0 Å². The average Bonchev–Trinajstić information content (AvgIpc) is 2.27. The normalized spacial score (nSPS) is 14.6. The molecule has 1 aromatic heterocycles. The van der Waals surface area contributed by atoms with E-state index in [1.807, 2.05) is 4.98 Å². The number of hydrogen-bond acceptors (Lipinski definition) is 5. The lowest BCUT2D eigenvalue weighted by Crippen LogP contribution is -2.34. The Bertz CT molecular complexity index is 622. The predicted octanol–water partition coefficient (Wildman–Crippen LogP) is -0.694. The van der Waals surface area contributed by atoms with E-state index in [0.717, 1.165) is 0 Å². The summed E-state index contributed by atoms with van der Waals surface area (Å²) in [7, 11) is 2.70. The van der Waals surface area contributed by atoms with Crippen LogP contribution in [0.25, 0.3) is 0 Å². The Morgan fingerprint density at radius 3 is 2.35 bits per heavy atom. The lowest BCUT2D eigenvalue weighted by atomic mass is 9.99. The average molecular weight is 238 g/mol. The van der Waals surface area contributed by atoms with Crippen molar-refractivity contribution in [3.63, 3.8) is 0 Å². The van der Waals surface area contributed by atoms with Crippen molar-refractivity contribution in [2.45, 2.75) is 6.42 Å². The number of hydrogen-bond donors (Lipinski definition) is 2. The van der Waals surface area contributed by atoms with Crippen molar-refractivity contribution in [2.75, 3.05) is 14.2 Å². The van der Waals surface area contributed by atoms with Crippen molar-refractivity contribution in [1.82, 2.24) is 9.97 Å². The zero-order chi connectivity index (χ0) is 12.6. The summed E-state index contributed by atoms with van der Waals surface area (Å²) in [6, 6.07) is 0. The quantitative estimate of drug-likeness (QED) is 0.709. The van der Waals surface area contributed by atoms with E-state index in [2.05, 4.69) is 4.98 Å². The molecule has 0 saturated carbocycles. The fourth-order valence-corrected chi connectivity index (χ4v) is 1.76. The summed E-state index contributed by atoms with van der Waals surface area (Å²) in [5.41, 5.74) is -1.25. The van der Waals surface area contributed by atoms with E-state index in [4.69, 9.17) is 9.47 Å². The Labute approximate surface area is 95.1 Å². The van der Waals surface area contributed by atoms with E-state index in [1.165, 1.54) is 14.2 Å². The first-order valence-electron chi connectivity index (χ1n) is 4.79. The number of Topliss-reactive ketones (excluding diaryl/α,β-unsaturated/α-hetero) is 1. The largest absolute Gasteiger partial charge is 0.497 e. The minimum atomic E-state index is -0.724. The first-order chi connectivity index (χ1) is 8.08. The second-order valence-electron chi connectivity index (χ2n) is 3.43. The number of H-pyrrole nitrogens is 2. The van der Waals surface area contributed by atoms with E-state index in [9.17, 15) is 14.4 Å². The number of aromatic amines is 2. The van der Waals surface area contributed by atoms with Gasteiger partial charge in [0.1, 0.15) is 11.3 Å². The molecular weight excluding hydrogens is 228 g/mol. The Hall–Kier alpha value is -2.31. The number of rotatable bonds is 2. The zero-order valence-corrected chi connectivity index (χ0v) is 9.25. The molecule has 1 aliphatic carbocycles. The van der Waals surface area contributed by atoms with Gasteiger partial charge in [0.05, 0.1) is 20.6 Å². The molecule has 0 fully saturated rings. The van der Waals surface area contributed by atoms with Crippen molar-refractivity contribution in [2.24, 2.45) is 0 Å². The zero-order valence-electron chi connectivity index (χ0n) is 9.25. The minimum absolute atomic E-state index is 0.0162. The molecular formula is C10H10N2O5. The number of carbonyl (C=O) groups is 1. The lowest BCUT2D eigenvalue weighted by Gasteiger charge is -2.18. The van der Waals surface area contributed by atoms with E-state index in [-0.39, 0.29) is 29.2 Å². The molecule has 90 valence electrons. The van der Waals surface area contributed by atoms with E-state index >= 15 is 0 Å². The number of fused-ring (bicyclic) bond motifs is 1. The highest BCUT2D eigenvalue weighted by Gasteiger charge is 2.31. The number of ketones is 1. The number of ether oxygens (including phenoxy) is 2. The van der Waals surface area contributed by atoms with Crippen molar-refractivity contribution >= 4 is 5.78 Å². The van der Waals surface area contributed by atoms with Gasteiger partial charge in [-0.2, -0.15) is 0 Å². The molecule has 0 aliphatic heterocycles. The van der Waals surface area contributed by atoms with Crippen LogP contribution in [-0.4, -0.2) is 30.0 Å². The van der Waals surface area contributed by atoms with Gasteiger partial charge in [-0.1, -0.05) is 0 Å². The van der Waals surface area contributed by atoms with E-state index in [1.54, 1.807) is 0 Å². The van der Waals surface area contributed by atoms with Crippen molar-refractivity contribution in [1.29, 1.82) is 0 Å². The van der Waals surface area contributed by atoms with Crippen LogP contribution in [0.3, 0.4) is 0 Å². The van der Waals surface area contributed by atoms with Gasteiger partial charge in [-0.05, 0) is 0 Å². The van der Waals surface area contributed by atoms with Gasteiger partial charge in [-0.25, -0.2) is 4.79 Å². The second-order valence-corrected chi connectivity index (χ2v) is 3.43. The van der Waals surface area contributed by atoms with Crippen LogP contribution in [0.2, 0.25) is 0 Å². The van der Waals surface area contributed by atoms with Crippen LogP contribution >= 0.6 is 0 Å². The maximum atomic E-state index is 11.9. The molecule has 1 heterocycles. The Morgan fingerprint density at radius 2 is 1.76 bits per heavy atom. The first kappa shape index (κ1) is 11.2. The van der Waals surface area contributed by atoms with Gasteiger partial charge in [0, 0.05) is 5.69 Å². The maximum Gasteiger partial charge on any atom is 0.325 e. The summed E-state index contributed by atoms with van der Waals surface area (Å²) in [6.07, 6.45) is 0.139. The molecule has 7 nitrogen and oxygen atoms in total. The smallest absolute Gasteiger partial charge is 0.325 e. The van der Waals surface area contributed by atoms with Crippen molar-refractivity contribution < 1.29 is 14.3 Å². The highest BCUT2D eigenvalue weighted by atomic mass is 16.5. The molecule has 0 atom stereocenters.